The Morgan fingerprint density at radius 2 is 2.35 bits per heavy atom. The number of nitrogens with one attached hydrogen (secondary N) is 1. The van der Waals surface area contributed by atoms with Gasteiger partial charge in [-0.1, -0.05) is 0 Å². The van der Waals surface area contributed by atoms with Crippen LogP contribution >= 0.6 is 11.3 Å². The summed E-state index contributed by atoms with van der Waals surface area (Å²) in [6.45, 7) is 2.96. The summed E-state index contributed by atoms with van der Waals surface area (Å²) in [7, 11) is 4.28. The van der Waals surface area contributed by atoms with Crippen LogP contribution in [-0.4, -0.2) is 53.0 Å². The summed E-state index contributed by atoms with van der Waals surface area (Å²) in [6.07, 6.45) is 1.20. The highest BCUT2D eigenvalue weighted by atomic mass is 32.1. The standard InChI is InChI=1S/C13H20N6S/c1-18(2)9-3-5-19(7-9)8-11-15-12(17-14)10-4-6-20-13(10)16-11/h4,6,9H,3,5,7-8,14H2,1-2H3,(H,15,16,17). The van der Waals surface area contributed by atoms with Crippen LogP contribution in [0.4, 0.5) is 5.82 Å². The van der Waals surface area contributed by atoms with Crippen LogP contribution in [-0.2, 0) is 6.54 Å². The highest BCUT2D eigenvalue weighted by Crippen LogP contribution is 2.25. The first-order chi connectivity index (χ1) is 9.67. The van der Waals surface area contributed by atoms with Gasteiger partial charge in [0.05, 0.1) is 11.9 Å². The van der Waals surface area contributed by atoms with Crippen molar-refractivity contribution >= 4 is 27.4 Å². The van der Waals surface area contributed by atoms with Gasteiger partial charge in [0.25, 0.3) is 0 Å². The van der Waals surface area contributed by atoms with Crippen LogP contribution in [0.1, 0.15) is 12.2 Å². The van der Waals surface area contributed by atoms with Gasteiger partial charge in [0.1, 0.15) is 10.7 Å². The number of fused-ring (bicyclic) bond motifs is 1. The molecule has 108 valence electrons. The van der Waals surface area contributed by atoms with Gasteiger partial charge in [-0.05, 0) is 32.0 Å². The Morgan fingerprint density at radius 3 is 3.05 bits per heavy atom. The maximum absolute atomic E-state index is 5.56. The number of rotatable bonds is 4. The van der Waals surface area contributed by atoms with Gasteiger partial charge in [-0.15, -0.1) is 11.3 Å². The number of nitrogens with two attached hydrogens (primary N) is 1. The minimum atomic E-state index is 0.632. The first kappa shape index (κ1) is 13.7. The van der Waals surface area contributed by atoms with Crippen molar-refractivity contribution in [2.75, 3.05) is 32.6 Å². The van der Waals surface area contributed by atoms with Crippen molar-refractivity contribution in [3.8, 4) is 0 Å². The summed E-state index contributed by atoms with van der Waals surface area (Å²) in [5, 5.41) is 3.01. The number of anilines is 1. The molecule has 0 aliphatic carbocycles. The predicted octanol–water partition coefficient (Wildman–Crippen LogP) is 1.11. The Labute approximate surface area is 122 Å². The molecule has 1 aliphatic rings. The maximum Gasteiger partial charge on any atom is 0.152 e. The Hall–Kier alpha value is -1.28. The molecule has 1 fully saturated rings. The van der Waals surface area contributed by atoms with Crippen LogP contribution in [0.5, 0.6) is 0 Å². The summed E-state index contributed by atoms with van der Waals surface area (Å²) in [5.41, 5.74) is 2.68. The van der Waals surface area contributed by atoms with E-state index in [1.165, 1.54) is 6.42 Å². The SMILES string of the molecule is CN(C)C1CCN(Cc2nc(NN)c3ccsc3n2)C1. The molecule has 7 heteroatoms. The zero-order valence-electron chi connectivity index (χ0n) is 11.8. The predicted molar refractivity (Wildman–Crippen MR) is 82.6 cm³/mol. The normalized spacial score (nSPS) is 20.1. The molecule has 0 radical (unpaired) electrons. The fraction of sp³-hybridized carbons (Fsp3) is 0.538. The van der Waals surface area contributed by atoms with Crippen LogP contribution < -0.4 is 11.3 Å². The van der Waals surface area contributed by atoms with Crippen molar-refractivity contribution in [2.45, 2.75) is 19.0 Å². The van der Waals surface area contributed by atoms with E-state index < -0.39 is 0 Å². The lowest BCUT2D eigenvalue weighted by Gasteiger charge is -2.20. The molecule has 1 saturated heterocycles. The molecule has 6 nitrogen and oxygen atoms in total. The lowest BCUT2D eigenvalue weighted by Crippen LogP contribution is -2.31. The summed E-state index contributed by atoms with van der Waals surface area (Å²) in [6, 6.07) is 2.63. The van der Waals surface area contributed by atoms with Crippen LogP contribution in [0, 0.1) is 0 Å². The van der Waals surface area contributed by atoms with Gasteiger partial charge in [-0.2, -0.15) is 0 Å². The van der Waals surface area contributed by atoms with Gasteiger partial charge in [-0.25, -0.2) is 15.8 Å². The Kier molecular flexibility index (Phi) is 3.84. The second-order valence-electron chi connectivity index (χ2n) is 5.41. The molecule has 1 unspecified atom stereocenters. The third-order valence-corrected chi connectivity index (χ3v) is 4.66. The molecule has 20 heavy (non-hydrogen) atoms. The molecule has 3 N–H and O–H groups in total. The van der Waals surface area contributed by atoms with Gasteiger partial charge in [0, 0.05) is 19.1 Å². The lowest BCUT2D eigenvalue weighted by molar-refractivity contribution is 0.261. The third-order valence-electron chi connectivity index (χ3n) is 3.85. The molecule has 0 spiro atoms. The minimum Gasteiger partial charge on any atom is -0.308 e. The zero-order valence-corrected chi connectivity index (χ0v) is 12.7. The fourth-order valence-electron chi connectivity index (χ4n) is 2.66. The van der Waals surface area contributed by atoms with E-state index in [-0.39, 0.29) is 0 Å². The number of likely N-dealkylation sites (tertiary alicyclic amines) is 1. The average Bonchev–Trinajstić information content (AvgIpc) is 3.06. The molecule has 0 aromatic carbocycles. The number of thiophene rings is 1. The van der Waals surface area contributed by atoms with Crippen molar-refractivity contribution in [3.63, 3.8) is 0 Å². The van der Waals surface area contributed by atoms with E-state index in [1.807, 2.05) is 11.4 Å². The first-order valence-electron chi connectivity index (χ1n) is 6.77. The summed E-state index contributed by atoms with van der Waals surface area (Å²) in [5.74, 6) is 7.12. The molecule has 1 aliphatic heterocycles. The molecule has 2 aromatic heterocycles. The fourth-order valence-corrected chi connectivity index (χ4v) is 3.44. The topological polar surface area (TPSA) is 70.3 Å². The van der Waals surface area contributed by atoms with Crippen molar-refractivity contribution in [3.05, 3.63) is 17.3 Å². The highest BCUT2D eigenvalue weighted by Gasteiger charge is 2.24. The Morgan fingerprint density at radius 1 is 1.50 bits per heavy atom. The molecular formula is C13H20N6S. The average molecular weight is 292 g/mol. The van der Waals surface area contributed by atoms with Gasteiger partial charge in [-0.3, -0.25) is 4.90 Å². The lowest BCUT2D eigenvalue weighted by atomic mass is 10.2. The summed E-state index contributed by atoms with van der Waals surface area (Å²) >= 11 is 1.62. The second-order valence-corrected chi connectivity index (χ2v) is 6.31. The van der Waals surface area contributed by atoms with Crippen LogP contribution in [0.3, 0.4) is 0 Å². The smallest absolute Gasteiger partial charge is 0.152 e. The maximum atomic E-state index is 5.56. The molecule has 0 bridgehead atoms. The Bertz CT molecular complexity index is 596. The van der Waals surface area contributed by atoms with E-state index in [1.54, 1.807) is 11.3 Å². The van der Waals surface area contributed by atoms with Crippen molar-refractivity contribution in [1.82, 2.24) is 19.8 Å². The van der Waals surface area contributed by atoms with E-state index in [4.69, 9.17) is 5.84 Å². The third kappa shape index (κ3) is 2.62. The van der Waals surface area contributed by atoms with Gasteiger partial charge in [0.2, 0.25) is 0 Å². The zero-order chi connectivity index (χ0) is 14.1. The van der Waals surface area contributed by atoms with Crippen molar-refractivity contribution < 1.29 is 0 Å². The Balaban J connectivity index is 1.78. The largest absolute Gasteiger partial charge is 0.308 e. The summed E-state index contributed by atoms with van der Waals surface area (Å²) < 4.78 is 0. The summed E-state index contributed by atoms with van der Waals surface area (Å²) in [4.78, 5) is 14.8. The van der Waals surface area contributed by atoms with Crippen LogP contribution in [0.25, 0.3) is 10.2 Å². The number of likely N-dealkylation sites (N-methyl/N-ethyl adjacent to an activating group) is 1. The van der Waals surface area contributed by atoms with Gasteiger partial charge in [0.15, 0.2) is 5.82 Å². The second kappa shape index (κ2) is 5.61. The molecule has 0 amide bonds. The molecule has 3 rings (SSSR count). The minimum absolute atomic E-state index is 0.632. The number of hydrogen-bond donors (Lipinski definition) is 2. The van der Waals surface area contributed by atoms with Gasteiger partial charge < -0.3 is 10.3 Å². The van der Waals surface area contributed by atoms with Crippen LogP contribution in [0.2, 0.25) is 0 Å². The van der Waals surface area contributed by atoms with Crippen molar-refractivity contribution in [2.24, 2.45) is 5.84 Å². The molecule has 0 saturated carbocycles. The van der Waals surface area contributed by atoms with E-state index in [0.29, 0.717) is 6.04 Å². The first-order valence-corrected chi connectivity index (χ1v) is 7.65. The molecule has 2 aromatic rings. The van der Waals surface area contributed by atoms with E-state index >= 15 is 0 Å². The van der Waals surface area contributed by atoms with E-state index in [0.717, 1.165) is 41.5 Å². The van der Waals surface area contributed by atoms with E-state index in [9.17, 15) is 0 Å². The molecule has 3 heterocycles. The molecular weight excluding hydrogens is 272 g/mol. The molecule has 1 atom stereocenters. The number of hydrogen-bond acceptors (Lipinski definition) is 7. The number of nitrogen functional groups attached to an aromatic ring is 1. The highest BCUT2D eigenvalue weighted by molar-refractivity contribution is 7.16. The van der Waals surface area contributed by atoms with Crippen molar-refractivity contribution in [1.29, 1.82) is 0 Å². The number of nitrogens with zero attached hydrogens (tertiary/aromatic N) is 4. The monoisotopic (exact) mass is 292 g/mol. The van der Waals surface area contributed by atoms with Gasteiger partial charge >= 0.3 is 0 Å². The number of aromatic nitrogens is 2. The quantitative estimate of drug-likeness (QED) is 0.650. The van der Waals surface area contributed by atoms with Crippen LogP contribution in [0.15, 0.2) is 11.4 Å². The van der Waals surface area contributed by atoms with E-state index in [2.05, 4.69) is 39.3 Å². The number of hydrazine groups is 1.